The molecule has 0 unspecified atom stereocenters. The van der Waals surface area contributed by atoms with Gasteiger partial charge < -0.3 is 10.1 Å². The zero-order chi connectivity index (χ0) is 14.3. The van der Waals surface area contributed by atoms with Gasteiger partial charge in [0.25, 0.3) is 0 Å². The molecule has 0 aliphatic heterocycles. The zero-order valence-corrected chi connectivity index (χ0v) is 11.6. The van der Waals surface area contributed by atoms with Crippen LogP contribution in [-0.2, 0) is 4.79 Å². The summed E-state index contributed by atoms with van der Waals surface area (Å²) >= 11 is 0. The quantitative estimate of drug-likeness (QED) is 0.756. The molecule has 1 aromatic rings. The van der Waals surface area contributed by atoms with Crippen LogP contribution in [0.25, 0.3) is 0 Å². The van der Waals surface area contributed by atoms with Gasteiger partial charge in [0.05, 0.1) is 0 Å². The van der Waals surface area contributed by atoms with Crippen LogP contribution in [0.3, 0.4) is 0 Å². The van der Waals surface area contributed by atoms with Crippen molar-refractivity contribution in [2.75, 3.05) is 11.9 Å². The molecule has 0 saturated carbocycles. The third kappa shape index (κ3) is 4.62. The zero-order valence-electron chi connectivity index (χ0n) is 11.6. The first-order chi connectivity index (χ1) is 8.99. The van der Waals surface area contributed by atoms with E-state index in [0.29, 0.717) is 13.0 Å². The Kier molecular flexibility index (Phi) is 5.37. The summed E-state index contributed by atoms with van der Waals surface area (Å²) in [6, 6.07) is 7.28. The molecular weight excluding hydrogens is 238 g/mol. The number of anilines is 1. The maximum Gasteiger partial charge on any atom is 0.230 e. The number of hydrogen-bond acceptors (Lipinski definition) is 2. The molecule has 1 N–H and O–H groups in total. The molecule has 0 heterocycles. The van der Waals surface area contributed by atoms with E-state index in [9.17, 15) is 4.79 Å². The summed E-state index contributed by atoms with van der Waals surface area (Å²) in [4.78, 5) is 12.1. The van der Waals surface area contributed by atoms with Gasteiger partial charge in [-0.2, -0.15) is 0 Å². The highest BCUT2D eigenvalue weighted by Crippen LogP contribution is 2.24. The fourth-order valence-corrected chi connectivity index (χ4v) is 1.54. The Bertz CT molecular complexity index is 446. The highest BCUT2D eigenvalue weighted by atomic mass is 16.5. The smallest absolute Gasteiger partial charge is 0.230 e. The van der Waals surface area contributed by atoms with Gasteiger partial charge in [-0.25, -0.2) is 0 Å². The van der Waals surface area contributed by atoms with Crippen molar-refractivity contribution in [3.05, 3.63) is 49.6 Å². The van der Waals surface area contributed by atoms with Crippen molar-refractivity contribution in [1.82, 2.24) is 0 Å². The highest BCUT2D eigenvalue weighted by molar-refractivity contribution is 5.94. The Balaban J connectivity index is 2.64. The Morgan fingerprint density at radius 1 is 1.26 bits per heavy atom. The summed E-state index contributed by atoms with van der Waals surface area (Å²) < 4.78 is 5.38. The molecule has 3 heteroatoms. The molecule has 0 spiro atoms. The lowest BCUT2D eigenvalue weighted by atomic mass is 9.88. The van der Waals surface area contributed by atoms with Crippen LogP contribution in [0.2, 0.25) is 0 Å². The first kappa shape index (κ1) is 15.0. The number of rotatable bonds is 7. The number of carbonyl (C=O) groups excluding carboxylic acids is 1. The van der Waals surface area contributed by atoms with Gasteiger partial charge in [0.1, 0.15) is 12.4 Å². The van der Waals surface area contributed by atoms with Gasteiger partial charge in [0.2, 0.25) is 5.91 Å². The van der Waals surface area contributed by atoms with Gasteiger partial charge in [-0.1, -0.05) is 32.6 Å². The van der Waals surface area contributed by atoms with E-state index in [4.69, 9.17) is 4.74 Å². The van der Waals surface area contributed by atoms with Gasteiger partial charge in [-0.15, -0.1) is 6.58 Å². The number of amides is 1. The Hall–Kier alpha value is -2.03. The number of hydrogen-bond donors (Lipinski definition) is 1. The second-order valence-corrected chi connectivity index (χ2v) is 4.95. The predicted molar refractivity (Wildman–Crippen MR) is 79.4 cm³/mol. The van der Waals surface area contributed by atoms with Crippen LogP contribution in [0.1, 0.15) is 20.3 Å². The van der Waals surface area contributed by atoms with Gasteiger partial charge in [0.15, 0.2) is 0 Å². The molecule has 0 aliphatic carbocycles. The van der Waals surface area contributed by atoms with Gasteiger partial charge in [-0.05, 0) is 30.7 Å². The van der Waals surface area contributed by atoms with Crippen LogP contribution in [0.4, 0.5) is 5.69 Å². The monoisotopic (exact) mass is 259 g/mol. The molecule has 1 amide bonds. The first-order valence-corrected chi connectivity index (χ1v) is 6.25. The Morgan fingerprint density at radius 3 is 2.42 bits per heavy atom. The average molecular weight is 259 g/mol. The van der Waals surface area contributed by atoms with Crippen molar-refractivity contribution < 1.29 is 9.53 Å². The number of ether oxygens (including phenoxy) is 1. The van der Waals surface area contributed by atoms with Crippen molar-refractivity contribution >= 4 is 11.6 Å². The van der Waals surface area contributed by atoms with Crippen molar-refractivity contribution in [3.63, 3.8) is 0 Å². The van der Waals surface area contributed by atoms with Crippen molar-refractivity contribution in [3.8, 4) is 5.75 Å². The fraction of sp³-hybridized carbons (Fsp3) is 0.312. The average Bonchev–Trinajstić information content (AvgIpc) is 2.38. The van der Waals surface area contributed by atoms with E-state index in [1.807, 2.05) is 38.1 Å². The predicted octanol–water partition coefficient (Wildman–Crippen LogP) is 3.79. The number of carbonyl (C=O) groups is 1. The Morgan fingerprint density at radius 2 is 1.89 bits per heavy atom. The largest absolute Gasteiger partial charge is 0.490 e. The summed E-state index contributed by atoms with van der Waals surface area (Å²) in [6.07, 6.45) is 4.08. The third-order valence-corrected chi connectivity index (χ3v) is 2.75. The number of benzene rings is 1. The molecule has 0 aromatic heterocycles. The highest BCUT2D eigenvalue weighted by Gasteiger charge is 2.25. The summed E-state index contributed by atoms with van der Waals surface area (Å²) in [5.41, 5.74) is 0.299. The molecule has 0 aliphatic rings. The summed E-state index contributed by atoms with van der Waals surface area (Å²) in [5.74, 6) is 0.732. The van der Waals surface area contributed by atoms with E-state index in [1.165, 1.54) is 0 Å². The summed E-state index contributed by atoms with van der Waals surface area (Å²) in [7, 11) is 0. The number of allylic oxidation sites excluding steroid dienone is 1. The van der Waals surface area contributed by atoms with Crippen molar-refractivity contribution in [2.45, 2.75) is 20.3 Å². The van der Waals surface area contributed by atoms with Gasteiger partial charge in [-0.3, -0.25) is 4.79 Å². The molecular formula is C16H21NO2. The molecule has 102 valence electrons. The van der Waals surface area contributed by atoms with Crippen molar-refractivity contribution in [2.24, 2.45) is 5.41 Å². The second kappa shape index (κ2) is 6.78. The van der Waals surface area contributed by atoms with Crippen molar-refractivity contribution in [1.29, 1.82) is 0 Å². The first-order valence-electron chi connectivity index (χ1n) is 6.25. The fourth-order valence-electron chi connectivity index (χ4n) is 1.54. The molecule has 1 aromatic carbocycles. The van der Waals surface area contributed by atoms with E-state index in [1.54, 1.807) is 12.2 Å². The molecule has 3 nitrogen and oxygen atoms in total. The van der Waals surface area contributed by atoms with Crippen LogP contribution in [-0.4, -0.2) is 12.5 Å². The second-order valence-electron chi connectivity index (χ2n) is 4.95. The third-order valence-electron chi connectivity index (χ3n) is 2.75. The normalized spacial score (nSPS) is 10.6. The van der Waals surface area contributed by atoms with Gasteiger partial charge in [0, 0.05) is 11.1 Å². The number of nitrogens with one attached hydrogen (secondary N) is 1. The molecule has 0 atom stereocenters. The summed E-state index contributed by atoms with van der Waals surface area (Å²) in [6.45, 7) is 11.5. The lowest BCUT2D eigenvalue weighted by Crippen LogP contribution is -2.30. The maximum atomic E-state index is 12.1. The molecule has 19 heavy (non-hydrogen) atoms. The molecule has 0 radical (unpaired) electrons. The molecule has 0 saturated heterocycles. The Labute approximate surface area is 115 Å². The van der Waals surface area contributed by atoms with Crippen LogP contribution in [0, 0.1) is 5.41 Å². The van der Waals surface area contributed by atoms with Crippen LogP contribution >= 0.6 is 0 Å². The minimum absolute atomic E-state index is 0.0211. The van der Waals surface area contributed by atoms with Crippen LogP contribution in [0.15, 0.2) is 49.6 Å². The molecule has 1 rings (SSSR count). The SMILES string of the molecule is C=CCOc1ccc(NC(=O)C(C)(C)CC=C)cc1. The van der Waals surface area contributed by atoms with Crippen LogP contribution in [0.5, 0.6) is 5.75 Å². The topological polar surface area (TPSA) is 38.3 Å². The van der Waals surface area contributed by atoms with E-state index in [0.717, 1.165) is 11.4 Å². The minimum Gasteiger partial charge on any atom is -0.490 e. The minimum atomic E-state index is -0.459. The maximum absolute atomic E-state index is 12.1. The van der Waals surface area contributed by atoms with E-state index < -0.39 is 5.41 Å². The van der Waals surface area contributed by atoms with E-state index in [2.05, 4.69) is 18.5 Å². The molecule has 0 bridgehead atoms. The standard InChI is InChI=1S/C16H21NO2/c1-5-11-16(3,4)15(18)17-13-7-9-14(10-8-13)19-12-6-2/h5-10H,1-2,11-12H2,3-4H3,(H,17,18). The molecule has 0 fully saturated rings. The van der Waals surface area contributed by atoms with E-state index >= 15 is 0 Å². The van der Waals surface area contributed by atoms with Crippen LogP contribution < -0.4 is 10.1 Å². The van der Waals surface area contributed by atoms with Gasteiger partial charge >= 0.3 is 0 Å². The summed E-state index contributed by atoms with van der Waals surface area (Å²) in [5, 5.41) is 2.89. The lowest BCUT2D eigenvalue weighted by Gasteiger charge is -2.21. The lowest BCUT2D eigenvalue weighted by molar-refractivity contribution is -0.123. The van der Waals surface area contributed by atoms with E-state index in [-0.39, 0.29) is 5.91 Å².